The molecule has 0 fully saturated rings. The minimum absolute atomic E-state index is 0.338. The molecule has 0 radical (unpaired) electrons. The van der Waals surface area contributed by atoms with Crippen LogP contribution >= 0.6 is 0 Å². The molecule has 0 aromatic heterocycles. The van der Waals surface area contributed by atoms with Crippen LogP contribution in [-0.4, -0.2) is 12.6 Å². The first kappa shape index (κ1) is 14.9. The van der Waals surface area contributed by atoms with Crippen LogP contribution in [0.15, 0.2) is 60.7 Å². The zero-order valence-corrected chi connectivity index (χ0v) is 12.9. The zero-order chi connectivity index (χ0) is 16.2. The van der Waals surface area contributed by atoms with Gasteiger partial charge in [-0.05, 0) is 31.2 Å². The highest BCUT2D eigenvalue weighted by molar-refractivity contribution is 6.03. The predicted molar refractivity (Wildman–Crippen MR) is 94.0 cm³/mol. The number of hydrogen-bond donors (Lipinski definition) is 2. The number of nitrogens with one attached hydrogen (secondary N) is 1. The van der Waals surface area contributed by atoms with Crippen molar-refractivity contribution in [1.82, 2.24) is 0 Å². The first-order valence-corrected chi connectivity index (χ1v) is 7.51. The number of esters is 1. The molecule has 0 amide bonds. The molecule has 4 heteroatoms. The molecule has 0 saturated carbocycles. The molecule has 0 spiro atoms. The first-order chi connectivity index (χ1) is 11.2. The van der Waals surface area contributed by atoms with Gasteiger partial charge in [-0.2, -0.15) is 0 Å². The van der Waals surface area contributed by atoms with Crippen LogP contribution in [0.4, 0.5) is 17.1 Å². The molecule has 0 saturated heterocycles. The molecule has 0 heterocycles. The van der Waals surface area contributed by atoms with E-state index in [4.69, 9.17) is 10.5 Å². The Bertz CT molecular complexity index is 859. The molecule has 0 aliphatic carbocycles. The normalized spacial score (nSPS) is 10.5. The summed E-state index contributed by atoms with van der Waals surface area (Å²) in [6, 6.07) is 19.0. The lowest BCUT2D eigenvalue weighted by atomic mass is 10.1. The van der Waals surface area contributed by atoms with Gasteiger partial charge in [-0.15, -0.1) is 0 Å². The third-order valence-corrected chi connectivity index (χ3v) is 3.65. The van der Waals surface area contributed by atoms with Crippen molar-refractivity contribution in [2.75, 3.05) is 17.7 Å². The highest BCUT2D eigenvalue weighted by Gasteiger charge is 2.13. The maximum atomic E-state index is 12.1. The second-order valence-electron chi connectivity index (χ2n) is 5.14. The molecule has 0 aliphatic heterocycles. The largest absolute Gasteiger partial charge is 0.462 e. The Kier molecular flexibility index (Phi) is 4.15. The van der Waals surface area contributed by atoms with Crippen molar-refractivity contribution in [3.63, 3.8) is 0 Å². The maximum absolute atomic E-state index is 12.1. The average molecular weight is 306 g/mol. The van der Waals surface area contributed by atoms with E-state index < -0.39 is 0 Å². The van der Waals surface area contributed by atoms with E-state index >= 15 is 0 Å². The summed E-state index contributed by atoms with van der Waals surface area (Å²) >= 11 is 0. The van der Waals surface area contributed by atoms with Crippen molar-refractivity contribution in [3.05, 3.63) is 66.2 Å². The Balaban J connectivity index is 2.04. The van der Waals surface area contributed by atoms with Gasteiger partial charge < -0.3 is 15.8 Å². The van der Waals surface area contributed by atoms with E-state index in [9.17, 15) is 4.79 Å². The Morgan fingerprint density at radius 1 is 0.957 bits per heavy atom. The van der Waals surface area contributed by atoms with Crippen molar-refractivity contribution in [1.29, 1.82) is 0 Å². The SMILES string of the molecule is CCOC(=O)c1ccccc1Nc1cccc2c(N)cccc12. The van der Waals surface area contributed by atoms with Crippen LogP contribution in [0.2, 0.25) is 0 Å². The molecular weight excluding hydrogens is 288 g/mol. The number of nitrogen functional groups attached to an aromatic ring is 1. The smallest absolute Gasteiger partial charge is 0.340 e. The number of benzene rings is 3. The Hall–Kier alpha value is -3.01. The van der Waals surface area contributed by atoms with Gasteiger partial charge in [0.2, 0.25) is 0 Å². The molecule has 116 valence electrons. The summed E-state index contributed by atoms with van der Waals surface area (Å²) in [5.41, 5.74) is 8.87. The summed E-state index contributed by atoms with van der Waals surface area (Å²) in [6.45, 7) is 2.14. The number of rotatable bonds is 4. The minimum Gasteiger partial charge on any atom is -0.462 e. The quantitative estimate of drug-likeness (QED) is 0.556. The molecule has 3 aromatic carbocycles. The number of nitrogens with two attached hydrogens (primary N) is 1. The van der Waals surface area contributed by atoms with Crippen LogP contribution in [-0.2, 0) is 4.74 Å². The Labute approximate surface area is 134 Å². The van der Waals surface area contributed by atoms with E-state index in [1.165, 1.54) is 0 Å². The van der Waals surface area contributed by atoms with Crippen LogP contribution < -0.4 is 11.1 Å². The first-order valence-electron chi connectivity index (χ1n) is 7.51. The molecule has 0 unspecified atom stereocenters. The van der Waals surface area contributed by atoms with Crippen LogP contribution in [0.25, 0.3) is 10.8 Å². The van der Waals surface area contributed by atoms with Gasteiger partial charge in [0.15, 0.2) is 0 Å². The van der Waals surface area contributed by atoms with Gasteiger partial charge in [0, 0.05) is 22.1 Å². The van der Waals surface area contributed by atoms with Crippen LogP contribution in [0.5, 0.6) is 0 Å². The van der Waals surface area contributed by atoms with E-state index in [1.54, 1.807) is 13.0 Å². The lowest BCUT2D eigenvalue weighted by Gasteiger charge is -2.14. The number of hydrogen-bond acceptors (Lipinski definition) is 4. The number of anilines is 3. The Morgan fingerprint density at radius 2 is 1.65 bits per heavy atom. The fourth-order valence-corrected chi connectivity index (χ4v) is 2.57. The van der Waals surface area contributed by atoms with Gasteiger partial charge in [0.25, 0.3) is 0 Å². The van der Waals surface area contributed by atoms with E-state index in [-0.39, 0.29) is 5.97 Å². The van der Waals surface area contributed by atoms with Crippen molar-refractivity contribution < 1.29 is 9.53 Å². The molecule has 4 nitrogen and oxygen atoms in total. The molecule has 23 heavy (non-hydrogen) atoms. The molecule has 3 aromatic rings. The fourth-order valence-electron chi connectivity index (χ4n) is 2.57. The number of ether oxygens (including phenoxy) is 1. The number of carbonyl (C=O) groups excluding carboxylic acids is 1. The summed E-state index contributed by atoms with van der Waals surface area (Å²) in [4.78, 5) is 12.1. The summed E-state index contributed by atoms with van der Waals surface area (Å²) < 4.78 is 5.11. The molecule has 3 rings (SSSR count). The van der Waals surface area contributed by atoms with Gasteiger partial charge in [-0.1, -0.05) is 36.4 Å². The second kappa shape index (κ2) is 6.40. The number of fused-ring (bicyclic) bond motifs is 1. The second-order valence-corrected chi connectivity index (χ2v) is 5.14. The van der Waals surface area contributed by atoms with E-state index in [1.807, 2.05) is 54.6 Å². The van der Waals surface area contributed by atoms with Gasteiger partial charge >= 0.3 is 5.97 Å². The van der Waals surface area contributed by atoms with E-state index in [0.29, 0.717) is 17.9 Å². The van der Waals surface area contributed by atoms with Crippen LogP contribution in [0.3, 0.4) is 0 Å². The highest BCUT2D eigenvalue weighted by atomic mass is 16.5. The summed E-state index contributed by atoms with van der Waals surface area (Å²) in [6.07, 6.45) is 0. The van der Waals surface area contributed by atoms with E-state index in [2.05, 4.69) is 5.32 Å². The molecule has 0 atom stereocenters. The van der Waals surface area contributed by atoms with Crippen molar-refractivity contribution in [2.45, 2.75) is 6.92 Å². The van der Waals surface area contributed by atoms with Gasteiger partial charge in [-0.3, -0.25) is 0 Å². The lowest BCUT2D eigenvalue weighted by molar-refractivity contribution is 0.0527. The zero-order valence-electron chi connectivity index (χ0n) is 12.9. The summed E-state index contributed by atoms with van der Waals surface area (Å²) in [7, 11) is 0. The number of carbonyl (C=O) groups is 1. The minimum atomic E-state index is -0.338. The summed E-state index contributed by atoms with van der Waals surface area (Å²) in [5, 5.41) is 5.31. The molecular formula is C19H18N2O2. The average Bonchev–Trinajstić information content (AvgIpc) is 2.56. The van der Waals surface area contributed by atoms with Crippen molar-refractivity contribution >= 4 is 33.8 Å². The third-order valence-electron chi connectivity index (χ3n) is 3.65. The van der Waals surface area contributed by atoms with Crippen LogP contribution in [0, 0.1) is 0 Å². The van der Waals surface area contributed by atoms with E-state index in [0.717, 1.165) is 22.1 Å². The lowest BCUT2D eigenvalue weighted by Crippen LogP contribution is -2.07. The maximum Gasteiger partial charge on any atom is 0.340 e. The fraction of sp³-hybridized carbons (Fsp3) is 0.105. The van der Waals surface area contributed by atoms with Gasteiger partial charge in [0.05, 0.1) is 17.9 Å². The predicted octanol–water partition coefficient (Wildman–Crippen LogP) is 4.34. The monoisotopic (exact) mass is 306 g/mol. The number of para-hydroxylation sites is 1. The highest BCUT2D eigenvalue weighted by Crippen LogP contribution is 2.30. The molecule has 3 N–H and O–H groups in total. The topological polar surface area (TPSA) is 64.3 Å². The molecule has 0 bridgehead atoms. The Morgan fingerprint density at radius 3 is 2.48 bits per heavy atom. The third kappa shape index (κ3) is 2.97. The van der Waals surface area contributed by atoms with Gasteiger partial charge in [-0.25, -0.2) is 4.79 Å². The van der Waals surface area contributed by atoms with Gasteiger partial charge in [0.1, 0.15) is 0 Å². The molecule has 0 aliphatic rings. The van der Waals surface area contributed by atoms with Crippen molar-refractivity contribution in [3.8, 4) is 0 Å². The van der Waals surface area contributed by atoms with Crippen LogP contribution in [0.1, 0.15) is 17.3 Å². The van der Waals surface area contributed by atoms with Crippen molar-refractivity contribution in [2.24, 2.45) is 0 Å². The standard InChI is InChI=1S/C19H18N2O2/c1-2-23-19(22)15-7-3-4-11-18(15)21-17-12-6-8-13-14(17)9-5-10-16(13)20/h3-12,21H,2,20H2,1H3. The summed E-state index contributed by atoms with van der Waals surface area (Å²) in [5.74, 6) is -0.338.